The van der Waals surface area contributed by atoms with E-state index in [2.05, 4.69) is 16.3 Å². The second-order valence-electron chi connectivity index (χ2n) is 4.45. The molecule has 4 heteroatoms. The first kappa shape index (κ1) is 12.5. The van der Waals surface area contributed by atoms with Crippen molar-refractivity contribution in [3.05, 3.63) is 58.9 Å². The normalized spacial score (nSPS) is 11.1. The fourth-order valence-corrected chi connectivity index (χ4v) is 2.47. The molecule has 2 aromatic heterocycles. The number of hydrogen-bond acceptors (Lipinski definition) is 1. The maximum absolute atomic E-state index is 5.92. The van der Waals surface area contributed by atoms with Crippen LogP contribution >= 0.6 is 23.2 Å². The number of benzene rings is 1. The number of imidazole rings is 1. The number of hydrogen-bond donors (Lipinski definition) is 0. The van der Waals surface area contributed by atoms with E-state index < -0.39 is 0 Å². The van der Waals surface area contributed by atoms with Gasteiger partial charge in [0, 0.05) is 28.4 Å². The van der Waals surface area contributed by atoms with Crippen LogP contribution in [0.15, 0.2) is 42.6 Å². The van der Waals surface area contributed by atoms with E-state index in [1.54, 1.807) is 0 Å². The summed E-state index contributed by atoms with van der Waals surface area (Å²) in [5.74, 6) is 0.499. The molecule has 0 aliphatic carbocycles. The van der Waals surface area contributed by atoms with E-state index >= 15 is 0 Å². The van der Waals surface area contributed by atoms with Gasteiger partial charge in [0.15, 0.2) is 0 Å². The molecule has 19 heavy (non-hydrogen) atoms. The summed E-state index contributed by atoms with van der Waals surface area (Å²) in [5, 5.41) is 0.731. The van der Waals surface area contributed by atoms with Crippen molar-refractivity contribution in [2.75, 3.05) is 0 Å². The average molecular weight is 291 g/mol. The number of aromatic nitrogens is 2. The van der Waals surface area contributed by atoms with Crippen LogP contribution in [-0.4, -0.2) is 9.38 Å². The molecule has 0 spiro atoms. The molecule has 0 N–H and O–H groups in total. The van der Waals surface area contributed by atoms with Gasteiger partial charge in [0.1, 0.15) is 5.65 Å². The number of halogens is 2. The van der Waals surface area contributed by atoms with Gasteiger partial charge in [0.25, 0.3) is 0 Å². The summed E-state index contributed by atoms with van der Waals surface area (Å²) in [4.78, 5) is 4.68. The summed E-state index contributed by atoms with van der Waals surface area (Å²) >= 11 is 11.8. The Hall–Kier alpha value is -1.51. The molecule has 96 valence electrons. The minimum absolute atomic E-state index is 0.499. The number of rotatable bonds is 2. The highest BCUT2D eigenvalue weighted by Crippen LogP contribution is 2.25. The standard InChI is InChI=1S/C15H12Cl2N2/c1-10-15(12-2-4-13(17)5-3-12)18-14-8-11(9-16)6-7-19(10)14/h2-8H,9H2,1H3. The molecule has 1 aromatic carbocycles. The first-order valence-corrected chi connectivity index (χ1v) is 6.90. The van der Waals surface area contributed by atoms with E-state index in [0.29, 0.717) is 5.88 Å². The maximum atomic E-state index is 5.92. The molecule has 0 unspecified atom stereocenters. The topological polar surface area (TPSA) is 17.3 Å². The quantitative estimate of drug-likeness (QED) is 0.625. The van der Waals surface area contributed by atoms with E-state index in [-0.39, 0.29) is 0 Å². The molecule has 0 aliphatic heterocycles. The van der Waals surface area contributed by atoms with E-state index in [1.165, 1.54) is 0 Å². The lowest BCUT2D eigenvalue weighted by atomic mass is 10.1. The minimum Gasteiger partial charge on any atom is -0.304 e. The van der Waals surface area contributed by atoms with Gasteiger partial charge in [-0.25, -0.2) is 4.98 Å². The van der Waals surface area contributed by atoms with Gasteiger partial charge in [-0.2, -0.15) is 0 Å². The van der Waals surface area contributed by atoms with Gasteiger partial charge in [-0.1, -0.05) is 23.7 Å². The molecular formula is C15H12Cl2N2. The van der Waals surface area contributed by atoms with Crippen LogP contribution in [0.5, 0.6) is 0 Å². The molecule has 0 fully saturated rings. The van der Waals surface area contributed by atoms with Crippen molar-refractivity contribution in [2.45, 2.75) is 12.8 Å². The van der Waals surface area contributed by atoms with Gasteiger partial charge >= 0.3 is 0 Å². The van der Waals surface area contributed by atoms with E-state index in [4.69, 9.17) is 23.2 Å². The van der Waals surface area contributed by atoms with Crippen molar-refractivity contribution < 1.29 is 0 Å². The van der Waals surface area contributed by atoms with Crippen LogP contribution in [0, 0.1) is 6.92 Å². The molecule has 0 aliphatic rings. The minimum atomic E-state index is 0.499. The molecule has 3 rings (SSSR count). The SMILES string of the molecule is Cc1c(-c2ccc(Cl)cc2)nc2cc(CCl)ccn12. The third-order valence-electron chi connectivity index (χ3n) is 3.20. The van der Waals surface area contributed by atoms with Crippen molar-refractivity contribution in [3.63, 3.8) is 0 Å². The van der Waals surface area contributed by atoms with Crippen molar-refractivity contribution in [3.8, 4) is 11.3 Å². The van der Waals surface area contributed by atoms with Gasteiger partial charge in [0.2, 0.25) is 0 Å². The predicted molar refractivity (Wildman–Crippen MR) is 79.9 cm³/mol. The number of nitrogens with zero attached hydrogens (tertiary/aromatic N) is 2. The zero-order valence-electron chi connectivity index (χ0n) is 10.4. The summed E-state index contributed by atoms with van der Waals surface area (Å²) in [6.45, 7) is 2.06. The fourth-order valence-electron chi connectivity index (χ4n) is 2.17. The Bertz CT molecular complexity index is 730. The molecule has 0 bridgehead atoms. The molecule has 2 nitrogen and oxygen atoms in total. The summed E-state index contributed by atoms with van der Waals surface area (Å²) in [5.41, 5.74) is 5.14. The van der Waals surface area contributed by atoms with Crippen LogP contribution in [0.1, 0.15) is 11.3 Å². The third kappa shape index (κ3) is 2.22. The van der Waals surface area contributed by atoms with Gasteiger partial charge in [-0.3, -0.25) is 0 Å². The summed E-state index contributed by atoms with van der Waals surface area (Å²) in [6, 6.07) is 11.8. The van der Waals surface area contributed by atoms with Crippen LogP contribution in [-0.2, 0) is 5.88 Å². The van der Waals surface area contributed by atoms with Crippen LogP contribution in [0.4, 0.5) is 0 Å². The second kappa shape index (κ2) is 4.87. The summed E-state index contributed by atoms with van der Waals surface area (Å²) in [6.07, 6.45) is 2.01. The lowest BCUT2D eigenvalue weighted by molar-refractivity contribution is 1.10. The molecule has 0 saturated carbocycles. The smallest absolute Gasteiger partial charge is 0.137 e. The van der Waals surface area contributed by atoms with Crippen LogP contribution in [0.25, 0.3) is 16.9 Å². The van der Waals surface area contributed by atoms with Crippen LogP contribution < -0.4 is 0 Å². The van der Waals surface area contributed by atoms with Crippen molar-refractivity contribution in [2.24, 2.45) is 0 Å². The largest absolute Gasteiger partial charge is 0.304 e. The zero-order valence-corrected chi connectivity index (χ0v) is 11.9. The Balaban J connectivity index is 2.19. The van der Waals surface area contributed by atoms with E-state index in [0.717, 1.165) is 33.2 Å². The number of fused-ring (bicyclic) bond motifs is 1. The average Bonchev–Trinajstić information content (AvgIpc) is 2.76. The Labute approximate surface area is 121 Å². The summed E-state index contributed by atoms with van der Waals surface area (Å²) in [7, 11) is 0. The third-order valence-corrected chi connectivity index (χ3v) is 3.76. The zero-order chi connectivity index (χ0) is 13.4. The molecule has 3 aromatic rings. The number of alkyl halides is 1. The monoisotopic (exact) mass is 290 g/mol. The van der Waals surface area contributed by atoms with Crippen molar-refractivity contribution in [1.29, 1.82) is 0 Å². The lowest BCUT2D eigenvalue weighted by Crippen LogP contribution is -1.88. The Kier molecular flexibility index (Phi) is 3.21. The van der Waals surface area contributed by atoms with Gasteiger partial charge in [0.05, 0.1) is 5.69 Å². The predicted octanol–water partition coefficient (Wildman–Crippen LogP) is 4.70. The Morgan fingerprint density at radius 2 is 1.89 bits per heavy atom. The van der Waals surface area contributed by atoms with Crippen molar-refractivity contribution in [1.82, 2.24) is 9.38 Å². The number of aryl methyl sites for hydroxylation is 1. The van der Waals surface area contributed by atoms with Gasteiger partial charge in [-0.15, -0.1) is 11.6 Å². The first-order valence-electron chi connectivity index (χ1n) is 5.98. The molecule has 2 heterocycles. The summed E-state index contributed by atoms with van der Waals surface area (Å²) < 4.78 is 2.07. The molecule has 0 amide bonds. The Morgan fingerprint density at radius 1 is 1.16 bits per heavy atom. The maximum Gasteiger partial charge on any atom is 0.137 e. The Morgan fingerprint density at radius 3 is 2.58 bits per heavy atom. The number of pyridine rings is 1. The van der Waals surface area contributed by atoms with E-state index in [9.17, 15) is 0 Å². The van der Waals surface area contributed by atoms with Gasteiger partial charge < -0.3 is 4.40 Å². The first-order chi connectivity index (χ1) is 9.19. The van der Waals surface area contributed by atoms with Crippen molar-refractivity contribution >= 4 is 28.8 Å². The molecule has 0 atom stereocenters. The highest BCUT2D eigenvalue weighted by Gasteiger charge is 2.10. The molecular weight excluding hydrogens is 279 g/mol. The fraction of sp³-hybridized carbons (Fsp3) is 0.133. The van der Waals surface area contributed by atoms with E-state index in [1.807, 2.05) is 42.6 Å². The highest BCUT2D eigenvalue weighted by atomic mass is 35.5. The lowest BCUT2D eigenvalue weighted by Gasteiger charge is -2.00. The highest BCUT2D eigenvalue weighted by molar-refractivity contribution is 6.30. The second-order valence-corrected chi connectivity index (χ2v) is 5.15. The van der Waals surface area contributed by atoms with Crippen LogP contribution in [0.3, 0.4) is 0 Å². The molecule has 0 saturated heterocycles. The van der Waals surface area contributed by atoms with Gasteiger partial charge in [-0.05, 0) is 36.8 Å². The van der Waals surface area contributed by atoms with Crippen LogP contribution in [0.2, 0.25) is 5.02 Å². The molecule has 0 radical (unpaired) electrons.